The Kier molecular flexibility index (Phi) is 4.71. The normalized spacial score (nSPS) is 27.8. The highest BCUT2D eigenvalue weighted by atomic mass is 15.2. The monoisotopic (exact) mass is 252 g/mol. The second kappa shape index (κ2) is 5.92. The van der Waals surface area contributed by atoms with Gasteiger partial charge in [0.25, 0.3) is 0 Å². The van der Waals surface area contributed by atoms with Gasteiger partial charge in [-0.25, -0.2) is 0 Å². The lowest BCUT2D eigenvalue weighted by molar-refractivity contribution is 0.0141. The summed E-state index contributed by atoms with van der Waals surface area (Å²) in [6.07, 6.45) is 7.08. The molecular weight excluding hydrogens is 220 g/mol. The predicted molar refractivity (Wildman–Crippen MR) is 78.9 cm³/mol. The van der Waals surface area contributed by atoms with Gasteiger partial charge in [0.2, 0.25) is 0 Å². The largest absolute Gasteiger partial charge is 0.301 e. The van der Waals surface area contributed by atoms with E-state index >= 15 is 0 Å². The van der Waals surface area contributed by atoms with Crippen molar-refractivity contribution in [2.75, 3.05) is 26.2 Å². The molecule has 0 aromatic heterocycles. The van der Waals surface area contributed by atoms with Crippen molar-refractivity contribution in [3.05, 3.63) is 0 Å². The molecule has 0 aromatic rings. The molecule has 0 amide bonds. The molecule has 0 aliphatic carbocycles. The Morgan fingerprint density at radius 3 is 1.67 bits per heavy atom. The van der Waals surface area contributed by atoms with Gasteiger partial charge in [0.1, 0.15) is 0 Å². The van der Waals surface area contributed by atoms with Crippen molar-refractivity contribution in [2.45, 2.75) is 71.9 Å². The quantitative estimate of drug-likeness (QED) is 0.760. The van der Waals surface area contributed by atoms with Crippen molar-refractivity contribution >= 4 is 0 Å². The molecule has 1 spiro atoms. The van der Waals surface area contributed by atoms with E-state index in [1.807, 2.05) is 0 Å². The molecule has 1 atom stereocenters. The summed E-state index contributed by atoms with van der Waals surface area (Å²) in [5.41, 5.74) is 0.704. The third-order valence-electron chi connectivity index (χ3n) is 5.66. The van der Waals surface area contributed by atoms with Crippen molar-refractivity contribution in [3.8, 4) is 0 Å². The lowest BCUT2D eigenvalue weighted by Crippen LogP contribution is -2.49. The number of nitrogens with zero attached hydrogens (tertiary/aromatic N) is 2. The van der Waals surface area contributed by atoms with Crippen LogP contribution >= 0.6 is 0 Å². The molecule has 2 aliphatic rings. The van der Waals surface area contributed by atoms with Crippen LogP contribution in [0.15, 0.2) is 0 Å². The van der Waals surface area contributed by atoms with E-state index in [0.717, 1.165) is 12.1 Å². The lowest BCUT2D eigenvalue weighted by Gasteiger charge is -2.48. The average molecular weight is 252 g/mol. The van der Waals surface area contributed by atoms with Crippen molar-refractivity contribution in [2.24, 2.45) is 5.41 Å². The molecule has 2 heterocycles. The lowest BCUT2D eigenvalue weighted by atomic mass is 9.71. The molecule has 18 heavy (non-hydrogen) atoms. The molecule has 2 saturated heterocycles. The molecule has 0 N–H and O–H groups in total. The van der Waals surface area contributed by atoms with Crippen LogP contribution in [0.5, 0.6) is 0 Å². The van der Waals surface area contributed by atoms with Crippen LogP contribution in [0.25, 0.3) is 0 Å². The Bertz CT molecular complexity index is 244. The Balaban J connectivity index is 1.82. The standard InChI is InChI=1S/C16H32N2/c1-5-15(4)18-12-8-16(9-13-18)6-10-17(11-7-16)14(2)3/h14-15H,5-13H2,1-4H3. The number of likely N-dealkylation sites (tertiary alicyclic amines) is 2. The van der Waals surface area contributed by atoms with Gasteiger partial charge in [-0.1, -0.05) is 6.92 Å². The maximum Gasteiger partial charge on any atom is 0.00643 e. The van der Waals surface area contributed by atoms with Crippen LogP contribution in [0.2, 0.25) is 0 Å². The molecule has 2 fully saturated rings. The smallest absolute Gasteiger partial charge is 0.00643 e. The van der Waals surface area contributed by atoms with Crippen LogP contribution in [-0.2, 0) is 0 Å². The molecular formula is C16H32N2. The zero-order valence-corrected chi connectivity index (χ0v) is 12.9. The first-order valence-corrected chi connectivity index (χ1v) is 8.04. The summed E-state index contributed by atoms with van der Waals surface area (Å²) in [7, 11) is 0. The van der Waals surface area contributed by atoms with Gasteiger partial charge in [-0.3, -0.25) is 0 Å². The van der Waals surface area contributed by atoms with E-state index in [1.54, 1.807) is 0 Å². The predicted octanol–water partition coefficient (Wildman–Crippen LogP) is 3.37. The fraction of sp³-hybridized carbons (Fsp3) is 1.00. The topological polar surface area (TPSA) is 6.48 Å². The molecule has 0 radical (unpaired) electrons. The first-order valence-electron chi connectivity index (χ1n) is 8.04. The van der Waals surface area contributed by atoms with Crippen molar-refractivity contribution in [1.82, 2.24) is 9.80 Å². The molecule has 2 heteroatoms. The van der Waals surface area contributed by atoms with E-state index in [9.17, 15) is 0 Å². The molecule has 0 saturated carbocycles. The van der Waals surface area contributed by atoms with Crippen LogP contribution < -0.4 is 0 Å². The number of piperidine rings is 2. The zero-order valence-electron chi connectivity index (χ0n) is 12.9. The minimum atomic E-state index is 0.704. The van der Waals surface area contributed by atoms with Crippen molar-refractivity contribution < 1.29 is 0 Å². The minimum absolute atomic E-state index is 0.704. The van der Waals surface area contributed by atoms with Crippen molar-refractivity contribution in [1.29, 1.82) is 0 Å². The van der Waals surface area contributed by atoms with Gasteiger partial charge < -0.3 is 9.80 Å². The van der Waals surface area contributed by atoms with Gasteiger partial charge in [-0.2, -0.15) is 0 Å². The van der Waals surface area contributed by atoms with Gasteiger partial charge in [-0.15, -0.1) is 0 Å². The minimum Gasteiger partial charge on any atom is -0.301 e. The summed E-state index contributed by atoms with van der Waals surface area (Å²) in [5.74, 6) is 0. The fourth-order valence-electron chi connectivity index (χ4n) is 3.71. The van der Waals surface area contributed by atoms with E-state index in [-0.39, 0.29) is 0 Å². The molecule has 2 rings (SSSR count). The summed E-state index contributed by atoms with van der Waals surface area (Å²) in [4.78, 5) is 5.37. The summed E-state index contributed by atoms with van der Waals surface area (Å²) in [5, 5.41) is 0. The van der Waals surface area contributed by atoms with Crippen LogP contribution in [-0.4, -0.2) is 48.1 Å². The first-order chi connectivity index (χ1) is 8.56. The number of rotatable bonds is 3. The molecule has 2 aliphatic heterocycles. The number of hydrogen-bond acceptors (Lipinski definition) is 2. The summed E-state index contributed by atoms with van der Waals surface area (Å²) >= 11 is 0. The molecule has 1 unspecified atom stereocenters. The van der Waals surface area contributed by atoms with Crippen LogP contribution in [0.4, 0.5) is 0 Å². The Hall–Kier alpha value is -0.0800. The maximum absolute atomic E-state index is 2.71. The van der Waals surface area contributed by atoms with Gasteiger partial charge in [0.15, 0.2) is 0 Å². The first kappa shape index (κ1) is 14.3. The van der Waals surface area contributed by atoms with Crippen LogP contribution in [0.3, 0.4) is 0 Å². The number of hydrogen-bond donors (Lipinski definition) is 0. The van der Waals surface area contributed by atoms with E-state index < -0.39 is 0 Å². The summed E-state index contributed by atoms with van der Waals surface area (Å²) < 4.78 is 0. The highest BCUT2D eigenvalue weighted by Gasteiger charge is 2.38. The van der Waals surface area contributed by atoms with Gasteiger partial charge in [0.05, 0.1) is 0 Å². The maximum atomic E-state index is 2.71. The Labute approximate surface area is 114 Å². The van der Waals surface area contributed by atoms with E-state index in [1.165, 1.54) is 58.3 Å². The average Bonchev–Trinajstić information content (AvgIpc) is 2.39. The summed E-state index contributed by atoms with van der Waals surface area (Å²) in [6.45, 7) is 14.7. The Morgan fingerprint density at radius 1 is 0.833 bits per heavy atom. The molecule has 0 aromatic carbocycles. The van der Waals surface area contributed by atoms with E-state index in [0.29, 0.717) is 5.41 Å². The molecule has 106 valence electrons. The van der Waals surface area contributed by atoms with Crippen LogP contribution in [0.1, 0.15) is 59.8 Å². The van der Waals surface area contributed by atoms with E-state index in [4.69, 9.17) is 0 Å². The third-order valence-corrected chi connectivity index (χ3v) is 5.66. The Morgan fingerprint density at radius 2 is 1.28 bits per heavy atom. The van der Waals surface area contributed by atoms with Gasteiger partial charge in [0, 0.05) is 12.1 Å². The third kappa shape index (κ3) is 3.08. The second-order valence-corrected chi connectivity index (χ2v) is 6.92. The second-order valence-electron chi connectivity index (χ2n) is 6.92. The SMILES string of the molecule is CCC(C)N1CCC2(CCN(C(C)C)CC2)CC1. The van der Waals surface area contributed by atoms with Crippen LogP contribution in [0, 0.1) is 5.41 Å². The fourth-order valence-corrected chi connectivity index (χ4v) is 3.71. The molecule has 0 bridgehead atoms. The van der Waals surface area contributed by atoms with Crippen molar-refractivity contribution in [3.63, 3.8) is 0 Å². The highest BCUT2D eigenvalue weighted by molar-refractivity contribution is 4.91. The summed E-state index contributed by atoms with van der Waals surface area (Å²) in [6, 6.07) is 1.53. The van der Waals surface area contributed by atoms with E-state index in [2.05, 4.69) is 37.5 Å². The van der Waals surface area contributed by atoms with Gasteiger partial charge >= 0.3 is 0 Å². The highest BCUT2D eigenvalue weighted by Crippen LogP contribution is 2.41. The molecule has 2 nitrogen and oxygen atoms in total. The zero-order chi connectivity index (χ0) is 13.2. The van der Waals surface area contributed by atoms with Gasteiger partial charge in [-0.05, 0) is 84.5 Å².